The van der Waals surface area contributed by atoms with Gasteiger partial charge < -0.3 is 9.80 Å². The van der Waals surface area contributed by atoms with Crippen LogP contribution in [-0.2, 0) is 0 Å². The molecule has 4 heteroatoms. The van der Waals surface area contributed by atoms with Crippen LogP contribution in [0.15, 0.2) is 18.3 Å². The molecule has 18 heavy (non-hydrogen) atoms. The van der Waals surface area contributed by atoms with Crippen LogP contribution in [0.2, 0.25) is 0 Å². The molecule has 0 aliphatic carbocycles. The summed E-state index contributed by atoms with van der Waals surface area (Å²) in [5.74, 6) is 1.61. The SMILES string of the molecule is CN(C)CC1CCN(c2ncccc2C=O)CC1. The van der Waals surface area contributed by atoms with Crippen molar-refractivity contribution in [3.05, 3.63) is 23.9 Å². The minimum Gasteiger partial charge on any atom is -0.356 e. The summed E-state index contributed by atoms with van der Waals surface area (Å²) < 4.78 is 0. The molecule has 0 radical (unpaired) electrons. The molecule has 2 heterocycles. The van der Waals surface area contributed by atoms with E-state index in [1.165, 1.54) is 12.8 Å². The zero-order valence-corrected chi connectivity index (χ0v) is 11.2. The zero-order chi connectivity index (χ0) is 13.0. The summed E-state index contributed by atoms with van der Waals surface area (Å²) >= 11 is 0. The molecular formula is C14H21N3O. The van der Waals surface area contributed by atoms with Gasteiger partial charge in [-0.15, -0.1) is 0 Å². The molecule has 0 unspecified atom stereocenters. The van der Waals surface area contributed by atoms with Gasteiger partial charge in [0.15, 0.2) is 6.29 Å². The first-order chi connectivity index (χ1) is 8.70. The number of hydrogen-bond acceptors (Lipinski definition) is 4. The highest BCUT2D eigenvalue weighted by molar-refractivity contribution is 5.82. The van der Waals surface area contributed by atoms with Crippen LogP contribution in [0.1, 0.15) is 23.2 Å². The van der Waals surface area contributed by atoms with Gasteiger partial charge in [0, 0.05) is 25.8 Å². The van der Waals surface area contributed by atoms with E-state index in [0.717, 1.165) is 37.7 Å². The number of aldehydes is 1. The van der Waals surface area contributed by atoms with E-state index in [0.29, 0.717) is 5.56 Å². The quantitative estimate of drug-likeness (QED) is 0.758. The van der Waals surface area contributed by atoms with Gasteiger partial charge in [-0.25, -0.2) is 4.98 Å². The molecule has 0 spiro atoms. The molecule has 1 aromatic heterocycles. The fraction of sp³-hybridized carbons (Fsp3) is 0.571. The summed E-state index contributed by atoms with van der Waals surface area (Å²) in [5.41, 5.74) is 0.698. The Morgan fingerprint density at radius 3 is 2.78 bits per heavy atom. The minimum atomic E-state index is 0.698. The summed E-state index contributed by atoms with van der Waals surface area (Å²) in [7, 11) is 4.24. The maximum atomic E-state index is 11.0. The topological polar surface area (TPSA) is 36.4 Å². The first-order valence-corrected chi connectivity index (χ1v) is 6.50. The lowest BCUT2D eigenvalue weighted by Gasteiger charge is -2.34. The smallest absolute Gasteiger partial charge is 0.153 e. The van der Waals surface area contributed by atoms with Crippen LogP contribution in [0.25, 0.3) is 0 Å². The van der Waals surface area contributed by atoms with Crippen LogP contribution in [0, 0.1) is 5.92 Å². The van der Waals surface area contributed by atoms with E-state index < -0.39 is 0 Å². The van der Waals surface area contributed by atoms with Crippen LogP contribution in [-0.4, -0.2) is 49.9 Å². The fourth-order valence-electron chi connectivity index (χ4n) is 2.61. The molecule has 0 atom stereocenters. The maximum Gasteiger partial charge on any atom is 0.153 e. The van der Waals surface area contributed by atoms with Crippen LogP contribution < -0.4 is 4.90 Å². The first kappa shape index (κ1) is 13.0. The molecule has 2 rings (SSSR count). The van der Waals surface area contributed by atoms with Gasteiger partial charge in [0.2, 0.25) is 0 Å². The van der Waals surface area contributed by atoms with Crippen LogP contribution >= 0.6 is 0 Å². The van der Waals surface area contributed by atoms with Crippen LogP contribution in [0.4, 0.5) is 5.82 Å². The lowest BCUT2D eigenvalue weighted by atomic mass is 9.96. The number of pyridine rings is 1. The largest absolute Gasteiger partial charge is 0.356 e. The first-order valence-electron chi connectivity index (χ1n) is 6.50. The number of carbonyl (C=O) groups is 1. The molecule has 0 saturated carbocycles. The molecule has 1 fully saturated rings. The van der Waals surface area contributed by atoms with Crippen molar-refractivity contribution in [3.63, 3.8) is 0 Å². The summed E-state index contributed by atoms with van der Waals surface area (Å²) in [6, 6.07) is 3.65. The highest BCUT2D eigenvalue weighted by Crippen LogP contribution is 2.23. The van der Waals surface area contributed by atoms with Crippen molar-refractivity contribution in [3.8, 4) is 0 Å². The molecule has 1 aliphatic rings. The van der Waals surface area contributed by atoms with Crippen molar-refractivity contribution < 1.29 is 4.79 Å². The van der Waals surface area contributed by atoms with Gasteiger partial charge in [-0.1, -0.05) is 0 Å². The van der Waals surface area contributed by atoms with Crippen molar-refractivity contribution in [2.45, 2.75) is 12.8 Å². The van der Waals surface area contributed by atoms with Gasteiger partial charge in [0.05, 0.1) is 5.56 Å². The van der Waals surface area contributed by atoms with Crippen LogP contribution in [0.5, 0.6) is 0 Å². The third kappa shape index (κ3) is 3.07. The predicted octanol–water partition coefficient (Wildman–Crippen LogP) is 1.67. The Morgan fingerprint density at radius 2 is 2.17 bits per heavy atom. The highest BCUT2D eigenvalue weighted by Gasteiger charge is 2.21. The summed E-state index contributed by atoms with van der Waals surface area (Å²) in [5, 5.41) is 0. The summed E-state index contributed by atoms with van der Waals surface area (Å²) in [4.78, 5) is 19.8. The molecule has 0 N–H and O–H groups in total. The molecule has 4 nitrogen and oxygen atoms in total. The highest BCUT2D eigenvalue weighted by atomic mass is 16.1. The van der Waals surface area contributed by atoms with E-state index in [9.17, 15) is 4.79 Å². The lowest BCUT2D eigenvalue weighted by Crippen LogP contribution is -2.37. The van der Waals surface area contributed by atoms with E-state index in [1.807, 2.05) is 12.1 Å². The Labute approximate surface area is 109 Å². The van der Waals surface area contributed by atoms with Gasteiger partial charge in [-0.2, -0.15) is 0 Å². The second-order valence-corrected chi connectivity index (χ2v) is 5.23. The molecule has 0 amide bonds. The van der Waals surface area contributed by atoms with Gasteiger partial charge in [0.25, 0.3) is 0 Å². The van der Waals surface area contributed by atoms with E-state index >= 15 is 0 Å². The van der Waals surface area contributed by atoms with Crippen molar-refractivity contribution in [2.24, 2.45) is 5.92 Å². The summed E-state index contributed by atoms with van der Waals surface area (Å²) in [6.07, 6.45) is 5.00. The fourth-order valence-corrected chi connectivity index (χ4v) is 2.61. The number of hydrogen-bond donors (Lipinski definition) is 0. The standard InChI is InChI=1S/C14H21N3O/c1-16(2)10-12-5-8-17(9-6-12)14-13(11-18)4-3-7-15-14/h3-4,7,11-12H,5-6,8-10H2,1-2H3. The molecule has 1 aromatic rings. The lowest BCUT2D eigenvalue weighted by molar-refractivity contribution is 0.112. The van der Waals surface area contributed by atoms with Crippen LogP contribution in [0.3, 0.4) is 0 Å². The van der Waals surface area contributed by atoms with Crippen molar-refractivity contribution in [1.82, 2.24) is 9.88 Å². The Morgan fingerprint density at radius 1 is 1.44 bits per heavy atom. The second-order valence-electron chi connectivity index (χ2n) is 5.23. The van der Waals surface area contributed by atoms with Crippen molar-refractivity contribution in [2.75, 3.05) is 38.6 Å². The average Bonchev–Trinajstić information content (AvgIpc) is 2.39. The van der Waals surface area contributed by atoms with E-state index in [1.54, 1.807) is 6.20 Å². The third-order valence-electron chi connectivity index (χ3n) is 3.48. The Bertz CT molecular complexity index is 398. The minimum absolute atomic E-state index is 0.698. The van der Waals surface area contributed by atoms with Crippen molar-refractivity contribution >= 4 is 12.1 Å². The van der Waals surface area contributed by atoms with E-state index in [4.69, 9.17) is 0 Å². The Hall–Kier alpha value is -1.42. The predicted molar refractivity (Wildman–Crippen MR) is 73.1 cm³/mol. The molecule has 98 valence electrons. The normalized spacial score (nSPS) is 17.2. The Kier molecular flexibility index (Phi) is 4.31. The van der Waals surface area contributed by atoms with E-state index in [-0.39, 0.29) is 0 Å². The number of aromatic nitrogens is 1. The molecular weight excluding hydrogens is 226 g/mol. The Balaban J connectivity index is 1.99. The molecule has 1 saturated heterocycles. The summed E-state index contributed by atoms with van der Waals surface area (Å²) in [6.45, 7) is 3.14. The van der Waals surface area contributed by atoms with Gasteiger partial charge in [0.1, 0.15) is 5.82 Å². The van der Waals surface area contributed by atoms with Gasteiger partial charge in [-0.3, -0.25) is 4.79 Å². The molecule has 0 aromatic carbocycles. The van der Waals surface area contributed by atoms with Crippen molar-refractivity contribution in [1.29, 1.82) is 0 Å². The average molecular weight is 247 g/mol. The zero-order valence-electron chi connectivity index (χ0n) is 11.2. The van der Waals surface area contributed by atoms with E-state index in [2.05, 4.69) is 28.9 Å². The number of piperidine rings is 1. The second kappa shape index (κ2) is 5.96. The third-order valence-corrected chi connectivity index (χ3v) is 3.48. The number of carbonyl (C=O) groups excluding carboxylic acids is 1. The number of nitrogens with zero attached hydrogens (tertiary/aromatic N) is 3. The monoisotopic (exact) mass is 247 g/mol. The molecule has 1 aliphatic heterocycles. The van der Waals surface area contributed by atoms with Gasteiger partial charge >= 0.3 is 0 Å². The maximum absolute atomic E-state index is 11.0. The number of rotatable bonds is 4. The molecule has 0 bridgehead atoms. The van der Waals surface area contributed by atoms with Gasteiger partial charge in [-0.05, 0) is 45.0 Å². The number of anilines is 1.